The summed E-state index contributed by atoms with van der Waals surface area (Å²) >= 11 is 8.51. The molecule has 1 saturated heterocycles. The first-order chi connectivity index (χ1) is 21.5. The molecule has 0 radical (unpaired) electrons. The van der Waals surface area contributed by atoms with E-state index in [1.165, 1.54) is 33.7 Å². The quantitative estimate of drug-likeness (QED) is 0.171. The molecular weight excluding hydrogens is 689 g/mol. The minimum atomic E-state index is -2.29. The Kier molecular flexibility index (Phi) is 31.9. The molecule has 0 aromatic heterocycles. The van der Waals surface area contributed by atoms with Gasteiger partial charge in [0, 0.05) is 84.4 Å². The van der Waals surface area contributed by atoms with E-state index in [1.807, 2.05) is 61.6 Å². The van der Waals surface area contributed by atoms with Crippen molar-refractivity contribution in [3.63, 3.8) is 0 Å². The van der Waals surface area contributed by atoms with E-state index < -0.39 is 17.6 Å². The van der Waals surface area contributed by atoms with E-state index in [0.717, 1.165) is 0 Å². The first-order valence-electron chi connectivity index (χ1n) is 14.6. The summed E-state index contributed by atoms with van der Waals surface area (Å²) in [5.74, 6) is -0.475. The highest BCUT2D eigenvalue weighted by atomic mass is 32.2. The molecule has 4 amide bonds. The van der Waals surface area contributed by atoms with Crippen molar-refractivity contribution in [2.24, 2.45) is 0 Å². The second-order valence-electron chi connectivity index (χ2n) is 10.3. The molecule has 274 valence electrons. The van der Waals surface area contributed by atoms with Crippen LogP contribution in [-0.4, -0.2) is 130 Å². The molecule has 0 bridgehead atoms. The van der Waals surface area contributed by atoms with Gasteiger partial charge in [-0.1, -0.05) is 27.7 Å². The van der Waals surface area contributed by atoms with Crippen molar-refractivity contribution in [2.75, 3.05) is 61.4 Å². The molecule has 1 atom stereocenters. The van der Waals surface area contributed by atoms with Gasteiger partial charge in [0.25, 0.3) is 11.8 Å². The van der Waals surface area contributed by atoms with E-state index in [1.54, 1.807) is 55.2 Å². The third-order valence-corrected chi connectivity index (χ3v) is 13.6. The highest BCUT2D eigenvalue weighted by Crippen LogP contribution is 2.25. The lowest BCUT2D eigenvalue weighted by Crippen LogP contribution is -2.45. The van der Waals surface area contributed by atoms with Crippen LogP contribution in [-0.2, 0) is 45.7 Å². The zero-order valence-electron chi connectivity index (χ0n) is 31.0. The molecule has 0 saturated carbocycles. The van der Waals surface area contributed by atoms with Crippen LogP contribution in [0, 0.1) is 0 Å². The van der Waals surface area contributed by atoms with Crippen molar-refractivity contribution in [2.45, 2.75) is 90.2 Å². The van der Waals surface area contributed by atoms with Crippen molar-refractivity contribution in [3.05, 3.63) is 12.2 Å². The standard InChI is InChI=1S/C8H13NO2S.C7H9NO2.2C6H16O3Si.2CH4S/c1-5(2)9-7(10)4-6(12-3)8(9)11;1-5(2)8-6(9)3-4-7(8)10;2*1-6(2)10(7-3,8-4)9-5;2*1-2/h5-6H,4H2,1-3H3;3-5H,1-2H3;2*6H,1-5H3;2*2H,1H3. The molecule has 1 unspecified atom stereocenters. The maximum Gasteiger partial charge on any atom is 0.502 e. The van der Waals surface area contributed by atoms with Crippen LogP contribution in [0.4, 0.5) is 0 Å². The normalized spacial score (nSPS) is 15.9. The molecule has 0 aromatic rings. The predicted octanol–water partition coefficient (Wildman–Crippen LogP) is 4.85. The minimum Gasteiger partial charge on any atom is -0.377 e. The van der Waals surface area contributed by atoms with Crippen LogP contribution in [0.1, 0.15) is 61.8 Å². The van der Waals surface area contributed by atoms with E-state index in [9.17, 15) is 19.2 Å². The number of nitrogens with zero attached hydrogens (tertiary/aromatic N) is 2. The third-order valence-electron chi connectivity index (χ3n) is 6.42. The molecule has 17 heteroatoms. The summed E-state index contributed by atoms with van der Waals surface area (Å²) in [4.78, 5) is 47.0. The fourth-order valence-electron chi connectivity index (χ4n) is 4.18. The molecule has 12 nitrogen and oxygen atoms in total. The highest BCUT2D eigenvalue weighted by molar-refractivity contribution is 8.00. The monoisotopic (exact) mass is 750 g/mol. The Hall–Kier alpha value is -0.736. The average Bonchev–Trinajstić information content (AvgIpc) is 3.53. The predicted molar refractivity (Wildman–Crippen MR) is 199 cm³/mol. The van der Waals surface area contributed by atoms with Crippen LogP contribution in [0.25, 0.3) is 0 Å². The minimum absolute atomic E-state index is 0.00199. The smallest absolute Gasteiger partial charge is 0.377 e. The van der Waals surface area contributed by atoms with Gasteiger partial charge < -0.3 is 26.6 Å². The summed E-state index contributed by atoms with van der Waals surface area (Å²) in [7, 11) is 5.16. The third kappa shape index (κ3) is 16.6. The van der Waals surface area contributed by atoms with Gasteiger partial charge in [-0.3, -0.25) is 29.0 Å². The number of hydrogen-bond acceptors (Lipinski definition) is 13. The molecule has 2 rings (SSSR count). The molecule has 2 heterocycles. The van der Waals surface area contributed by atoms with Gasteiger partial charge in [0.05, 0.1) is 5.25 Å². The first kappa shape index (κ1) is 52.1. The lowest BCUT2D eigenvalue weighted by Gasteiger charge is -2.27. The summed E-state index contributed by atoms with van der Waals surface area (Å²) in [6, 6.07) is -0.0304. The number of amides is 4. The van der Waals surface area contributed by atoms with E-state index in [0.29, 0.717) is 17.5 Å². The molecule has 0 aliphatic carbocycles. The fourth-order valence-corrected chi connectivity index (χ4v) is 8.64. The summed E-state index contributed by atoms with van der Waals surface area (Å²) in [6.45, 7) is 15.5. The Morgan fingerprint density at radius 1 is 0.630 bits per heavy atom. The summed E-state index contributed by atoms with van der Waals surface area (Å²) < 4.78 is 31.2. The maximum atomic E-state index is 11.5. The van der Waals surface area contributed by atoms with Crippen LogP contribution in [0.15, 0.2) is 12.2 Å². The number of carbonyl (C=O) groups excluding carboxylic acids is 4. The Bertz CT molecular complexity index is 831. The van der Waals surface area contributed by atoms with Crippen LogP contribution in [0.3, 0.4) is 0 Å². The van der Waals surface area contributed by atoms with Crippen LogP contribution < -0.4 is 0 Å². The number of rotatable bonds is 11. The summed E-state index contributed by atoms with van der Waals surface area (Å²) in [5, 5.41) is -0.139. The zero-order chi connectivity index (χ0) is 37.4. The number of thiol groups is 2. The number of thioether (sulfide) groups is 1. The molecular formula is C29H62N2O10S3Si2. The molecule has 0 spiro atoms. The van der Waals surface area contributed by atoms with Gasteiger partial charge >= 0.3 is 17.6 Å². The Morgan fingerprint density at radius 3 is 1.02 bits per heavy atom. The van der Waals surface area contributed by atoms with E-state index in [4.69, 9.17) is 26.6 Å². The Labute approximate surface area is 296 Å². The van der Waals surface area contributed by atoms with Gasteiger partial charge in [0.1, 0.15) is 0 Å². The lowest BCUT2D eigenvalue weighted by atomic mass is 10.3. The van der Waals surface area contributed by atoms with E-state index in [-0.39, 0.29) is 41.0 Å². The van der Waals surface area contributed by atoms with Gasteiger partial charge in [-0.25, -0.2) is 0 Å². The van der Waals surface area contributed by atoms with Crippen molar-refractivity contribution < 1.29 is 45.7 Å². The molecule has 2 aliphatic heterocycles. The topological polar surface area (TPSA) is 130 Å². The van der Waals surface area contributed by atoms with E-state index >= 15 is 0 Å². The Morgan fingerprint density at radius 2 is 0.913 bits per heavy atom. The van der Waals surface area contributed by atoms with Crippen LogP contribution in [0.2, 0.25) is 11.1 Å². The summed E-state index contributed by atoms with van der Waals surface area (Å²) in [5.41, 5.74) is 0.625. The SMILES string of the molecule is CC(C)N1C(=O)C=CC1=O.CO[Si](OC)(OC)C(C)C.CO[Si](OC)(OC)C(C)C.CS.CS.CSC1CC(=O)N(C(C)C)C1=O. The van der Waals surface area contributed by atoms with Gasteiger partial charge in [-0.2, -0.15) is 37.0 Å². The van der Waals surface area contributed by atoms with Crippen molar-refractivity contribution >= 4 is 78.3 Å². The summed E-state index contributed by atoms with van der Waals surface area (Å²) in [6.07, 6.45) is 8.21. The Balaban J connectivity index is -0.000000247. The number of likely N-dealkylation sites (tertiary alicyclic amines) is 1. The largest absolute Gasteiger partial charge is 0.502 e. The molecule has 0 N–H and O–H groups in total. The van der Waals surface area contributed by atoms with Gasteiger partial charge in [-0.05, 0) is 46.5 Å². The van der Waals surface area contributed by atoms with Gasteiger partial charge in [-0.15, -0.1) is 0 Å². The lowest BCUT2D eigenvalue weighted by molar-refractivity contribution is -0.141. The number of imide groups is 2. The second-order valence-corrected chi connectivity index (χ2v) is 18.6. The zero-order valence-corrected chi connectivity index (χ0v) is 35.6. The molecule has 2 aliphatic rings. The first-order valence-corrected chi connectivity index (χ1v) is 21.3. The molecule has 0 aromatic carbocycles. The van der Waals surface area contributed by atoms with Crippen LogP contribution in [0.5, 0.6) is 0 Å². The maximum absolute atomic E-state index is 11.5. The van der Waals surface area contributed by atoms with Crippen molar-refractivity contribution in [1.82, 2.24) is 9.80 Å². The van der Waals surface area contributed by atoms with E-state index in [2.05, 4.69) is 25.3 Å². The molecule has 46 heavy (non-hydrogen) atoms. The van der Waals surface area contributed by atoms with Gasteiger partial charge in [0.15, 0.2) is 0 Å². The average molecular weight is 751 g/mol. The second kappa shape index (κ2) is 28.1. The van der Waals surface area contributed by atoms with Gasteiger partial charge in [0.2, 0.25) is 11.8 Å². The van der Waals surface area contributed by atoms with Crippen molar-refractivity contribution in [3.8, 4) is 0 Å². The fraction of sp³-hybridized carbons (Fsp3) is 0.793. The number of carbonyl (C=O) groups is 4. The van der Waals surface area contributed by atoms with Crippen molar-refractivity contribution in [1.29, 1.82) is 0 Å². The number of hydrogen-bond donors (Lipinski definition) is 2. The molecule has 1 fully saturated rings. The van der Waals surface area contributed by atoms with Crippen LogP contribution >= 0.6 is 37.0 Å². The highest BCUT2D eigenvalue weighted by Gasteiger charge is 2.42.